The summed E-state index contributed by atoms with van der Waals surface area (Å²) < 4.78 is 63.2. The molecule has 1 fully saturated rings. The van der Waals surface area contributed by atoms with E-state index < -0.39 is 68.4 Å². The second-order valence-electron chi connectivity index (χ2n) is 8.91. The fraction of sp³-hybridized carbons (Fsp3) is 0.818. The van der Waals surface area contributed by atoms with E-state index in [1.54, 1.807) is 0 Å². The molecule has 2 N–H and O–H groups in total. The van der Waals surface area contributed by atoms with Gasteiger partial charge in [0.25, 0.3) is 0 Å². The molecule has 1 rings (SSSR count). The highest BCUT2D eigenvalue weighted by Gasteiger charge is 2.32. The van der Waals surface area contributed by atoms with Crippen molar-refractivity contribution in [1.29, 1.82) is 0 Å². The molecular formula is C22H34F4N2O8. The van der Waals surface area contributed by atoms with E-state index in [1.807, 2.05) is 18.7 Å². The quantitative estimate of drug-likeness (QED) is 0.254. The van der Waals surface area contributed by atoms with Crippen LogP contribution >= 0.6 is 0 Å². The monoisotopic (exact) mass is 530 g/mol. The van der Waals surface area contributed by atoms with E-state index in [4.69, 9.17) is 4.74 Å². The summed E-state index contributed by atoms with van der Waals surface area (Å²) in [6.45, 7) is -2.70. The Kier molecular flexibility index (Phi) is 14.7. The van der Waals surface area contributed by atoms with E-state index in [9.17, 15) is 41.8 Å². The number of carboxylic acid groups (broad SMARTS) is 1. The van der Waals surface area contributed by atoms with Crippen LogP contribution < -0.4 is 5.32 Å². The molecule has 0 radical (unpaired) electrons. The first-order valence-electron chi connectivity index (χ1n) is 11.6. The minimum absolute atomic E-state index is 0.0220. The van der Waals surface area contributed by atoms with Crippen LogP contribution in [0.25, 0.3) is 0 Å². The third kappa shape index (κ3) is 13.2. The number of halogens is 4. The summed E-state index contributed by atoms with van der Waals surface area (Å²) >= 11 is 0. The zero-order valence-electron chi connectivity index (χ0n) is 20.3. The van der Waals surface area contributed by atoms with Gasteiger partial charge in [-0.2, -0.15) is 17.6 Å². The lowest BCUT2D eigenvalue weighted by molar-refractivity contribution is -0.162. The second kappa shape index (κ2) is 16.6. The van der Waals surface area contributed by atoms with Crippen molar-refractivity contribution in [3.8, 4) is 0 Å². The first-order chi connectivity index (χ1) is 16.9. The number of carboxylic acids is 1. The molecule has 0 unspecified atom stereocenters. The molecule has 0 aromatic rings. The van der Waals surface area contributed by atoms with Crippen molar-refractivity contribution in [3.63, 3.8) is 0 Å². The number of hydrogen-bond acceptors (Lipinski definition) is 8. The molecule has 3 atom stereocenters. The molecule has 1 heterocycles. The molecule has 36 heavy (non-hydrogen) atoms. The average Bonchev–Trinajstić information content (AvgIpc) is 2.78. The lowest BCUT2D eigenvalue weighted by Crippen LogP contribution is -2.48. The number of alkyl halides is 4. The zero-order chi connectivity index (χ0) is 27.3. The van der Waals surface area contributed by atoms with Gasteiger partial charge in [0, 0.05) is 31.8 Å². The van der Waals surface area contributed by atoms with Crippen LogP contribution in [0.3, 0.4) is 0 Å². The number of rotatable bonds is 18. The van der Waals surface area contributed by atoms with Crippen LogP contribution in [0.15, 0.2) is 0 Å². The van der Waals surface area contributed by atoms with Gasteiger partial charge in [-0.15, -0.1) is 0 Å². The largest absolute Gasteiger partial charge is 0.481 e. The maximum Gasteiger partial charge on any atom is 0.345 e. The zero-order valence-corrected chi connectivity index (χ0v) is 20.3. The Morgan fingerprint density at radius 1 is 0.944 bits per heavy atom. The molecule has 0 spiro atoms. The summed E-state index contributed by atoms with van der Waals surface area (Å²) in [6, 6.07) is -1.68. The van der Waals surface area contributed by atoms with Crippen molar-refractivity contribution in [2.45, 2.75) is 52.4 Å². The van der Waals surface area contributed by atoms with Gasteiger partial charge in [0.2, 0.25) is 5.91 Å². The summed E-state index contributed by atoms with van der Waals surface area (Å²) in [6.07, 6.45) is -0.764. The van der Waals surface area contributed by atoms with Gasteiger partial charge in [-0.05, 0) is 12.3 Å². The lowest BCUT2D eigenvalue weighted by Gasteiger charge is -2.27. The Bertz CT molecular complexity index is 720. The predicted octanol–water partition coefficient (Wildman–Crippen LogP) is 1.56. The number of nitrogens with zero attached hydrogens (tertiary/aromatic N) is 1. The van der Waals surface area contributed by atoms with E-state index in [2.05, 4.69) is 14.8 Å². The first kappa shape index (κ1) is 31.9. The number of hydrogen-bond donors (Lipinski definition) is 2. The van der Waals surface area contributed by atoms with Gasteiger partial charge in [-0.3, -0.25) is 24.1 Å². The van der Waals surface area contributed by atoms with E-state index in [0.717, 1.165) is 0 Å². The molecule has 1 aliphatic rings. The standard InChI is InChI=1S/C22H34F4N2O8/c1-13(2)7-14(8-16(29)10-28-3-5-34-6-4-28)19(31)27-17(12-36-22(25)26)18(30)9-15(20(32)33)11-35-21(23)24/h13-15,17,21-22H,3-12H2,1-2H3,(H,27,31)(H,32,33)/t14-,15+,17+/m1/s1. The number of Topliss-reactive ketones (excluding diaryl/α,β-unsaturated/α-hetero) is 2. The normalized spacial score (nSPS) is 17.2. The number of carbonyl (C=O) groups excluding carboxylic acids is 3. The highest BCUT2D eigenvalue weighted by molar-refractivity contribution is 5.93. The molecular weight excluding hydrogens is 496 g/mol. The van der Waals surface area contributed by atoms with Gasteiger partial charge < -0.3 is 24.6 Å². The van der Waals surface area contributed by atoms with Gasteiger partial charge in [0.1, 0.15) is 11.8 Å². The number of morpholine rings is 1. The number of ketones is 2. The SMILES string of the molecule is CC(C)C[C@H](CC(=O)CN1CCOCC1)C(=O)N[C@@H](COC(F)F)C(=O)C[C@@H](COC(F)F)C(=O)O. The molecule has 0 saturated carbocycles. The summed E-state index contributed by atoms with van der Waals surface area (Å²) in [5.41, 5.74) is 0. The van der Waals surface area contributed by atoms with Crippen LogP contribution in [0.2, 0.25) is 0 Å². The minimum Gasteiger partial charge on any atom is -0.481 e. The summed E-state index contributed by atoms with van der Waals surface area (Å²) in [5, 5.41) is 11.5. The van der Waals surface area contributed by atoms with Crippen molar-refractivity contribution in [2.24, 2.45) is 17.8 Å². The molecule has 208 valence electrons. The maximum atomic E-state index is 13.0. The van der Waals surface area contributed by atoms with Crippen molar-refractivity contribution in [1.82, 2.24) is 10.2 Å². The van der Waals surface area contributed by atoms with Crippen molar-refractivity contribution < 1.29 is 56.1 Å². The van der Waals surface area contributed by atoms with Crippen molar-refractivity contribution in [2.75, 3.05) is 46.1 Å². The number of nitrogens with one attached hydrogen (secondary N) is 1. The first-order valence-corrected chi connectivity index (χ1v) is 11.6. The molecule has 10 nitrogen and oxygen atoms in total. The van der Waals surface area contributed by atoms with E-state index in [-0.39, 0.29) is 31.1 Å². The predicted molar refractivity (Wildman–Crippen MR) is 116 cm³/mol. The minimum atomic E-state index is -3.28. The molecule has 1 saturated heterocycles. The van der Waals surface area contributed by atoms with E-state index in [0.29, 0.717) is 26.3 Å². The fourth-order valence-corrected chi connectivity index (χ4v) is 3.67. The summed E-state index contributed by atoms with van der Waals surface area (Å²) in [7, 11) is 0. The Labute approximate surface area is 206 Å². The maximum absolute atomic E-state index is 13.0. The summed E-state index contributed by atoms with van der Waals surface area (Å²) in [5.74, 6) is -6.21. The number of ether oxygens (including phenoxy) is 3. The molecule has 0 aromatic heterocycles. The van der Waals surface area contributed by atoms with Crippen molar-refractivity contribution >= 4 is 23.4 Å². The number of aliphatic carboxylic acids is 1. The van der Waals surface area contributed by atoms with Gasteiger partial charge in [0.05, 0.1) is 38.9 Å². The lowest BCUT2D eigenvalue weighted by atomic mass is 9.90. The third-order valence-corrected chi connectivity index (χ3v) is 5.42. The second-order valence-corrected chi connectivity index (χ2v) is 8.91. The van der Waals surface area contributed by atoms with Gasteiger partial charge in [0.15, 0.2) is 5.78 Å². The number of amides is 1. The molecule has 1 aliphatic heterocycles. The van der Waals surface area contributed by atoms with Gasteiger partial charge in [-0.25, -0.2) is 0 Å². The molecule has 0 aliphatic carbocycles. The van der Waals surface area contributed by atoms with Gasteiger partial charge in [-0.1, -0.05) is 13.8 Å². The van der Waals surface area contributed by atoms with Crippen LogP contribution in [-0.4, -0.2) is 98.8 Å². The topological polar surface area (TPSA) is 131 Å². The summed E-state index contributed by atoms with van der Waals surface area (Å²) in [4.78, 5) is 51.4. The Hall–Kier alpha value is -2.16. The van der Waals surface area contributed by atoms with Crippen molar-refractivity contribution in [3.05, 3.63) is 0 Å². The highest BCUT2D eigenvalue weighted by Crippen LogP contribution is 2.18. The van der Waals surface area contributed by atoms with Crippen LogP contribution in [0, 0.1) is 17.8 Å². The van der Waals surface area contributed by atoms with Crippen LogP contribution in [0.5, 0.6) is 0 Å². The van der Waals surface area contributed by atoms with Gasteiger partial charge >= 0.3 is 19.2 Å². The Morgan fingerprint density at radius 3 is 2.06 bits per heavy atom. The van der Waals surface area contributed by atoms with Crippen LogP contribution in [0.4, 0.5) is 17.6 Å². The third-order valence-electron chi connectivity index (χ3n) is 5.42. The molecule has 0 bridgehead atoms. The fourth-order valence-electron chi connectivity index (χ4n) is 3.67. The smallest absolute Gasteiger partial charge is 0.345 e. The Balaban J connectivity index is 2.89. The average molecular weight is 531 g/mol. The molecule has 1 amide bonds. The van der Waals surface area contributed by atoms with Crippen LogP contribution in [0.1, 0.15) is 33.1 Å². The van der Waals surface area contributed by atoms with E-state index in [1.165, 1.54) is 0 Å². The Morgan fingerprint density at radius 2 is 1.53 bits per heavy atom. The number of carbonyl (C=O) groups is 4. The van der Waals surface area contributed by atoms with E-state index >= 15 is 0 Å². The molecule has 14 heteroatoms. The highest BCUT2D eigenvalue weighted by atomic mass is 19.3. The van der Waals surface area contributed by atoms with Crippen LogP contribution in [-0.2, 0) is 33.4 Å². The molecule has 0 aromatic carbocycles.